The Morgan fingerprint density at radius 2 is 1.10 bits per heavy atom. The summed E-state index contributed by atoms with van der Waals surface area (Å²) >= 11 is 0. The highest BCUT2D eigenvalue weighted by Gasteiger charge is 1.94. The molecule has 0 unspecified atom stereocenters. The van der Waals surface area contributed by atoms with Crippen LogP contribution in [-0.2, 0) is 4.79 Å². The Balaban J connectivity index is 3.06. The van der Waals surface area contributed by atoms with E-state index in [4.69, 9.17) is 10.2 Å². The highest BCUT2D eigenvalue weighted by Crippen LogP contribution is 2.11. The van der Waals surface area contributed by atoms with Crippen molar-refractivity contribution in [2.24, 2.45) is 0 Å². The van der Waals surface area contributed by atoms with Crippen molar-refractivity contribution in [3.8, 4) is 0 Å². The minimum Gasteiger partial charge on any atom is -0.481 e. The molecule has 3 heteroatoms. The fourth-order valence-electron chi connectivity index (χ4n) is 2.39. The highest BCUT2D eigenvalue weighted by molar-refractivity contribution is 5.66. The summed E-state index contributed by atoms with van der Waals surface area (Å²) in [7, 11) is 0. The minimum absolute atomic E-state index is 0.299. The normalized spacial score (nSPS) is 11.3. The molecule has 0 bridgehead atoms. The first-order valence-electron chi connectivity index (χ1n) is 8.75. The Bertz CT molecular complexity index is 249. The van der Waals surface area contributed by atoms with Crippen molar-refractivity contribution in [2.75, 3.05) is 6.61 Å². The van der Waals surface area contributed by atoms with E-state index in [1.807, 2.05) is 0 Å². The summed E-state index contributed by atoms with van der Waals surface area (Å²) in [6.07, 6.45) is 20.0. The largest absolute Gasteiger partial charge is 0.481 e. The van der Waals surface area contributed by atoms with Gasteiger partial charge in [0, 0.05) is 13.0 Å². The standard InChI is InChI=1S/C18H34O3/c19-17-15-13-11-9-7-5-3-1-2-4-6-8-10-12-14-16-18(20)21/h6,8,19H,1-5,7,9-17H2,(H,20,21)/b8-6-. The number of hydrogen-bond acceptors (Lipinski definition) is 2. The van der Waals surface area contributed by atoms with Gasteiger partial charge < -0.3 is 10.2 Å². The third kappa shape index (κ3) is 19.2. The molecule has 0 atom stereocenters. The molecule has 0 saturated heterocycles. The van der Waals surface area contributed by atoms with Gasteiger partial charge in [-0.1, -0.05) is 57.1 Å². The summed E-state index contributed by atoms with van der Waals surface area (Å²) in [5.41, 5.74) is 0. The zero-order chi connectivity index (χ0) is 15.6. The molecular weight excluding hydrogens is 264 g/mol. The molecule has 0 heterocycles. The molecule has 0 fully saturated rings. The Morgan fingerprint density at radius 1 is 0.667 bits per heavy atom. The lowest BCUT2D eigenvalue weighted by atomic mass is 10.1. The number of aliphatic hydroxyl groups excluding tert-OH is 1. The van der Waals surface area contributed by atoms with Crippen LogP contribution in [0.3, 0.4) is 0 Å². The van der Waals surface area contributed by atoms with E-state index in [1.54, 1.807) is 0 Å². The number of unbranched alkanes of at least 4 members (excludes halogenated alkanes) is 11. The molecule has 0 aromatic carbocycles. The monoisotopic (exact) mass is 298 g/mol. The van der Waals surface area contributed by atoms with Gasteiger partial charge >= 0.3 is 5.97 Å². The molecule has 0 saturated carbocycles. The van der Waals surface area contributed by atoms with Crippen molar-refractivity contribution < 1.29 is 15.0 Å². The maximum absolute atomic E-state index is 10.3. The van der Waals surface area contributed by atoms with Crippen LogP contribution in [0, 0.1) is 0 Å². The Kier molecular flexibility index (Phi) is 16.5. The van der Waals surface area contributed by atoms with Gasteiger partial charge in [0.25, 0.3) is 0 Å². The fraction of sp³-hybridized carbons (Fsp3) is 0.833. The summed E-state index contributed by atoms with van der Waals surface area (Å²) in [5.74, 6) is -0.688. The average molecular weight is 298 g/mol. The van der Waals surface area contributed by atoms with Crippen LogP contribution in [0.1, 0.15) is 89.9 Å². The van der Waals surface area contributed by atoms with Crippen molar-refractivity contribution in [1.82, 2.24) is 0 Å². The van der Waals surface area contributed by atoms with Gasteiger partial charge in [-0.25, -0.2) is 0 Å². The molecule has 0 amide bonds. The number of rotatable bonds is 16. The quantitative estimate of drug-likeness (QED) is 0.308. The fourth-order valence-corrected chi connectivity index (χ4v) is 2.39. The van der Waals surface area contributed by atoms with Crippen molar-refractivity contribution >= 4 is 5.97 Å². The lowest BCUT2D eigenvalue weighted by molar-refractivity contribution is -0.137. The summed E-state index contributed by atoms with van der Waals surface area (Å²) < 4.78 is 0. The molecule has 0 rings (SSSR count). The first kappa shape index (κ1) is 20.2. The first-order chi connectivity index (χ1) is 10.3. The van der Waals surface area contributed by atoms with E-state index in [-0.39, 0.29) is 0 Å². The van der Waals surface area contributed by atoms with Crippen LogP contribution < -0.4 is 0 Å². The van der Waals surface area contributed by atoms with Gasteiger partial charge in [-0.15, -0.1) is 0 Å². The number of carboxylic acids is 1. The van der Waals surface area contributed by atoms with E-state index >= 15 is 0 Å². The number of allylic oxidation sites excluding steroid dienone is 2. The van der Waals surface area contributed by atoms with Gasteiger partial charge in [-0.3, -0.25) is 4.79 Å². The topological polar surface area (TPSA) is 57.5 Å². The molecular formula is C18H34O3. The molecule has 0 aliphatic rings. The zero-order valence-electron chi connectivity index (χ0n) is 13.6. The van der Waals surface area contributed by atoms with Crippen molar-refractivity contribution in [3.05, 3.63) is 12.2 Å². The van der Waals surface area contributed by atoms with Crippen LogP contribution in [-0.4, -0.2) is 22.8 Å². The van der Waals surface area contributed by atoms with Crippen LogP contribution >= 0.6 is 0 Å². The third-order valence-corrected chi connectivity index (χ3v) is 3.71. The lowest BCUT2D eigenvalue weighted by Crippen LogP contribution is -1.92. The number of aliphatic carboxylic acids is 1. The van der Waals surface area contributed by atoms with Crippen LogP contribution in [0.2, 0.25) is 0 Å². The van der Waals surface area contributed by atoms with Crippen LogP contribution in [0.15, 0.2) is 12.2 Å². The molecule has 0 spiro atoms. The summed E-state index contributed by atoms with van der Waals surface area (Å²) in [6.45, 7) is 0.340. The third-order valence-electron chi connectivity index (χ3n) is 3.71. The Hall–Kier alpha value is -0.830. The SMILES string of the molecule is O=C(O)CCCC/C=C\CCCCCCCCCCCO. The molecule has 21 heavy (non-hydrogen) atoms. The average Bonchev–Trinajstić information content (AvgIpc) is 2.46. The van der Waals surface area contributed by atoms with E-state index in [9.17, 15) is 4.79 Å². The maximum atomic E-state index is 10.3. The predicted molar refractivity (Wildman–Crippen MR) is 88.5 cm³/mol. The lowest BCUT2D eigenvalue weighted by Gasteiger charge is -2.01. The zero-order valence-corrected chi connectivity index (χ0v) is 13.6. The maximum Gasteiger partial charge on any atom is 0.303 e. The Labute approximate surface area is 130 Å². The van der Waals surface area contributed by atoms with Gasteiger partial charge in [-0.05, 0) is 38.5 Å². The molecule has 2 N–H and O–H groups in total. The van der Waals surface area contributed by atoms with Crippen LogP contribution in [0.25, 0.3) is 0 Å². The second kappa shape index (κ2) is 17.2. The molecule has 0 aromatic rings. The summed E-state index contributed by atoms with van der Waals surface area (Å²) in [5, 5.41) is 17.2. The van der Waals surface area contributed by atoms with E-state index < -0.39 is 5.97 Å². The highest BCUT2D eigenvalue weighted by atomic mass is 16.4. The van der Waals surface area contributed by atoms with Crippen molar-refractivity contribution in [1.29, 1.82) is 0 Å². The number of hydrogen-bond donors (Lipinski definition) is 2. The van der Waals surface area contributed by atoms with Gasteiger partial charge in [-0.2, -0.15) is 0 Å². The minimum atomic E-state index is -0.688. The molecule has 3 nitrogen and oxygen atoms in total. The molecule has 124 valence electrons. The summed E-state index contributed by atoms with van der Waals surface area (Å²) in [4.78, 5) is 10.3. The molecule has 0 radical (unpaired) electrons. The predicted octanol–water partition coefficient (Wildman–Crippen LogP) is 5.08. The van der Waals surface area contributed by atoms with Gasteiger partial charge in [0.2, 0.25) is 0 Å². The first-order valence-corrected chi connectivity index (χ1v) is 8.75. The van der Waals surface area contributed by atoms with Crippen LogP contribution in [0.5, 0.6) is 0 Å². The van der Waals surface area contributed by atoms with E-state index in [0.717, 1.165) is 32.1 Å². The molecule has 0 aliphatic heterocycles. The second-order valence-corrected chi connectivity index (χ2v) is 5.81. The molecule has 0 aromatic heterocycles. The van der Waals surface area contributed by atoms with Crippen LogP contribution in [0.4, 0.5) is 0 Å². The number of aliphatic hydroxyl groups is 1. The van der Waals surface area contributed by atoms with Gasteiger partial charge in [0.15, 0.2) is 0 Å². The van der Waals surface area contributed by atoms with E-state index in [1.165, 1.54) is 51.4 Å². The molecule has 0 aliphatic carbocycles. The summed E-state index contributed by atoms with van der Waals surface area (Å²) in [6, 6.07) is 0. The Morgan fingerprint density at radius 3 is 1.57 bits per heavy atom. The number of carboxylic acid groups (broad SMARTS) is 1. The van der Waals surface area contributed by atoms with E-state index in [0.29, 0.717) is 13.0 Å². The second-order valence-electron chi connectivity index (χ2n) is 5.81. The van der Waals surface area contributed by atoms with E-state index in [2.05, 4.69) is 12.2 Å². The van der Waals surface area contributed by atoms with Crippen molar-refractivity contribution in [3.63, 3.8) is 0 Å². The van der Waals surface area contributed by atoms with Gasteiger partial charge in [0.1, 0.15) is 0 Å². The number of carbonyl (C=O) groups is 1. The smallest absolute Gasteiger partial charge is 0.303 e. The van der Waals surface area contributed by atoms with Crippen molar-refractivity contribution in [2.45, 2.75) is 89.9 Å². The van der Waals surface area contributed by atoms with Gasteiger partial charge in [0.05, 0.1) is 0 Å².